The fraction of sp³-hybridized carbons (Fsp3) is 0.500. The fourth-order valence-corrected chi connectivity index (χ4v) is 1.04. The van der Waals surface area contributed by atoms with E-state index in [1.54, 1.807) is 6.20 Å². The molecule has 74 valence electrons. The highest BCUT2D eigenvalue weighted by molar-refractivity contribution is 5.07. The van der Waals surface area contributed by atoms with Crippen LogP contribution in [-0.4, -0.2) is 11.5 Å². The molecule has 0 aliphatic heterocycles. The van der Waals surface area contributed by atoms with E-state index in [0.29, 0.717) is 0 Å². The van der Waals surface area contributed by atoms with E-state index in [-0.39, 0.29) is 12.4 Å². The van der Waals surface area contributed by atoms with Crippen LogP contribution in [0.2, 0.25) is 0 Å². The summed E-state index contributed by atoms with van der Waals surface area (Å²) in [7, 11) is 0. The van der Waals surface area contributed by atoms with E-state index in [1.807, 2.05) is 12.3 Å². The Morgan fingerprint density at radius 1 is 1.46 bits per heavy atom. The first-order valence-electron chi connectivity index (χ1n) is 4.53. The first-order chi connectivity index (χ1) is 5.93. The molecule has 0 saturated heterocycles. The lowest BCUT2D eigenvalue weighted by molar-refractivity contribution is -0.00000267. The molecule has 0 radical (unpaired) electrons. The van der Waals surface area contributed by atoms with Crippen molar-refractivity contribution < 1.29 is 12.4 Å². The van der Waals surface area contributed by atoms with E-state index >= 15 is 0 Å². The van der Waals surface area contributed by atoms with Crippen LogP contribution in [-0.2, 0) is 6.54 Å². The molecule has 0 unspecified atom stereocenters. The van der Waals surface area contributed by atoms with Crippen LogP contribution in [0.5, 0.6) is 0 Å². The molecule has 0 amide bonds. The van der Waals surface area contributed by atoms with Crippen LogP contribution in [0.1, 0.15) is 25.3 Å². The van der Waals surface area contributed by atoms with Gasteiger partial charge in [0, 0.05) is 18.9 Å². The zero-order chi connectivity index (χ0) is 8.65. The van der Waals surface area contributed by atoms with Crippen molar-refractivity contribution in [3.8, 4) is 0 Å². The minimum atomic E-state index is 0. The van der Waals surface area contributed by atoms with Crippen molar-refractivity contribution in [2.75, 3.05) is 6.54 Å². The molecule has 0 aliphatic carbocycles. The van der Waals surface area contributed by atoms with Crippen LogP contribution in [0.15, 0.2) is 24.5 Å². The first kappa shape index (κ1) is 12.4. The van der Waals surface area contributed by atoms with Crippen molar-refractivity contribution in [3.05, 3.63) is 30.1 Å². The third-order valence-electron chi connectivity index (χ3n) is 1.76. The van der Waals surface area contributed by atoms with Gasteiger partial charge in [-0.2, -0.15) is 0 Å². The molecular formula is C10H16ClN2-. The van der Waals surface area contributed by atoms with E-state index in [9.17, 15) is 0 Å². The van der Waals surface area contributed by atoms with Crippen molar-refractivity contribution >= 4 is 0 Å². The molecule has 1 heterocycles. The number of aromatic nitrogens is 1. The van der Waals surface area contributed by atoms with Gasteiger partial charge in [0.25, 0.3) is 0 Å². The van der Waals surface area contributed by atoms with Gasteiger partial charge in [0.15, 0.2) is 0 Å². The number of pyridine rings is 1. The molecule has 0 fully saturated rings. The Morgan fingerprint density at radius 3 is 2.92 bits per heavy atom. The molecule has 0 atom stereocenters. The number of nitrogens with one attached hydrogen (secondary N) is 1. The third-order valence-corrected chi connectivity index (χ3v) is 1.76. The molecule has 0 aliphatic rings. The minimum Gasteiger partial charge on any atom is -1.00 e. The Kier molecular flexibility index (Phi) is 7.65. The van der Waals surface area contributed by atoms with Crippen LogP contribution in [0.4, 0.5) is 0 Å². The SMILES string of the molecule is CCCCNCc1cccnc1.[Cl-]. The molecule has 1 aromatic heterocycles. The number of hydrogen-bond donors (Lipinski definition) is 1. The predicted octanol–water partition coefficient (Wildman–Crippen LogP) is -1.02. The third kappa shape index (κ3) is 5.61. The summed E-state index contributed by atoms with van der Waals surface area (Å²) in [5.41, 5.74) is 1.26. The molecule has 3 heteroatoms. The lowest BCUT2D eigenvalue weighted by Gasteiger charge is -2.02. The smallest absolute Gasteiger partial charge is 0.0312 e. The molecule has 2 nitrogen and oxygen atoms in total. The maximum Gasteiger partial charge on any atom is 0.0312 e. The quantitative estimate of drug-likeness (QED) is 0.614. The highest BCUT2D eigenvalue weighted by Gasteiger charge is 1.89. The Morgan fingerprint density at radius 2 is 2.31 bits per heavy atom. The molecule has 1 rings (SSSR count). The summed E-state index contributed by atoms with van der Waals surface area (Å²) < 4.78 is 0. The van der Waals surface area contributed by atoms with E-state index in [2.05, 4.69) is 23.3 Å². The van der Waals surface area contributed by atoms with E-state index in [1.165, 1.54) is 18.4 Å². The van der Waals surface area contributed by atoms with Crippen LogP contribution in [0.25, 0.3) is 0 Å². The summed E-state index contributed by atoms with van der Waals surface area (Å²) in [6, 6.07) is 4.06. The molecule has 0 spiro atoms. The molecule has 1 N–H and O–H groups in total. The van der Waals surface area contributed by atoms with Gasteiger partial charge in [-0.25, -0.2) is 0 Å². The van der Waals surface area contributed by atoms with Gasteiger partial charge in [-0.15, -0.1) is 0 Å². The van der Waals surface area contributed by atoms with Crippen LogP contribution >= 0.6 is 0 Å². The van der Waals surface area contributed by atoms with Crippen LogP contribution in [0, 0.1) is 0 Å². The van der Waals surface area contributed by atoms with E-state index < -0.39 is 0 Å². The summed E-state index contributed by atoms with van der Waals surface area (Å²) in [5, 5.41) is 3.36. The number of unbranched alkanes of at least 4 members (excludes halogenated alkanes) is 1. The van der Waals surface area contributed by atoms with Crippen molar-refractivity contribution in [1.29, 1.82) is 0 Å². The Balaban J connectivity index is 0.00000144. The van der Waals surface area contributed by atoms with Gasteiger partial charge in [-0.3, -0.25) is 4.98 Å². The lowest BCUT2D eigenvalue weighted by Crippen LogP contribution is -3.00. The Labute approximate surface area is 86.2 Å². The number of rotatable bonds is 5. The summed E-state index contributed by atoms with van der Waals surface area (Å²) >= 11 is 0. The maximum atomic E-state index is 4.04. The predicted molar refractivity (Wildman–Crippen MR) is 50.9 cm³/mol. The van der Waals surface area contributed by atoms with E-state index in [4.69, 9.17) is 0 Å². The van der Waals surface area contributed by atoms with Gasteiger partial charge in [0.05, 0.1) is 0 Å². The molecule has 1 aromatic rings. The Hall–Kier alpha value is -0.600. The topological polar surface area (TPSA) is 24.9 Å². The van der Waals surface area contributed by atoms with Crippen molar-refractivity contribution in [2.45, 2.75) is 26.3 Å². The van der Waals surface area contributed by atoms with Gasteiger partial charge in [0.1, 0.15) is 0 Å². The van der Waals surface area contributed by atoms with Gasteiger partial charge in [0.2, 0.25) is 0 Å². The standard InChI is InChI=1S/C10H16N2.ClH/c1-2-3-6-11-8-10-5-4-7-12-9-10;/h4-5,7,9,11H,2-3,6,8H2,1H3;1H/p-1. The molecule has 0 saturated carbocycles. The zero-order valence-corrected chi connectivity index (χ0v) is 8.72. The van der Waals surface area contributed by atoms with Gasteiger partial charge >= 0.3 is 0 Å². The average Bonchev–Trinajstić information content (AvgIpc) is 2.14. The highest BCUT2D eigenvalue weighted by Crippen LogP contribution is 1.94. The van der Waals surface area contributed by atoms with Crippen molar-refractivity contribution in [2.24, 2.45) is 0 Å². The normalized spacial score (nSPS) is 9.31. The van der Waals surface area contributed by atoms with Gasteiger partial charge in [-0.05, 0) is 24.6 Å². The number of nitrogens with zero attached hydrogens (tertiary/aromatic N) is 1. The second kappa shape index (κ2) is 8.02. The Bertz CT molecular complexity index is 201. The average molecular weight is 200 g/mol. The summed E-state index contributed by atoms with van der Waals surface area (Å²) in [6.07, 6.45) is 6.20. The number of hydrogen-bond acceptors (Lipinski definition) is 2. The molecule has 0 bridgehead atoms. The van der Waals surface area contributed by atoms with Crippen molar-refractivity contribution in [1.82, 2.24) is 10.3 Å². The second-order valence-corrected chi connectivity index (χ2v) is 2.89. The largest absolute Gasteiger partial charge is 1.00 e. The minimum absolute atomic E-state index is 0. The summed E-state index contributed by atoms with van der Waals surface area (Å²) in [6.45, 7) is 4.24. The second-order valence-electron chi connectivity index (χ2n) is 2.89. The lowest BCUT2D eigenvalue weighted by atomic mass is 10.3. The first-order valence-corrected chi connectivity index (χ1v) is 4.53. The molecule has 13 heavy (non-hydrogen) atoms. The molecular weight excluding hydrogens is 184 g/mol. The van der Waals surface area contributed by atoms with E-state index in [0.717, 1.165) is 13.1 Å². The highest BCUT2D eigenvalue weighted by atomic mass is 35.5. The summed E-state index contributed by atoms with van der Waals surface area (Å²) in [5.74, 6) is 0. The van der Waals surface area contributed by atoms with Gasteiger partial charge < -0.3 is 17.7 Å². The van der Waals surface area contributed by atoms with Crippen molar-refractivity contribution in [3.63, 3.8) is 0 Å². The monoisotopic (exact) mass is 199 g/mol. The van der Waals surface area contributed by atoms with Crippen LogP contribution < -0.4 is 17.7 Å². The van der Waals surface area contributed by atoms with Gasteiger partial charge in [-0.1, -0.05) is 19.4 Å². The fourth-order valence-electron chi connectivity index (χ4n) is 1.04. The molecule has 0 aromatic carbocycles. The van der Waals surface area contributed by atoms with Crippen LogP contribution in [0.3, 0.4) is 0 Å². The summed E-state index contributed by atoms with van der Waals surface area (Å²) in [4.78, 5) is 4.04. The number of halogens is 1. The maximum absolute atomic E-state index is 4.04. The zero-order valence-electron chi connectivity index (χ0n) is 7.96.